The molecule has 1 amide bonds. The second-order valence-electron chi connectivity index (χ2n) is 7.95. The highest BCUT2D eigenvalue weighted by Gasteiger charge is 2.28. The van der Waals surface area contributed by atoms with E-state index in [0.717, 1.165) is 29.3 Å². The van der Waals surface area contributed by atoms with Crippen LogP contribution in [-0.2, 0) is 16.0 Å². The van der Waals surface area contributed by atoms with Gasteiger partial charge in [0.25, 0.3) is 5.91 Å². The van der Waals surface area contributed by atoms with Crippen LogP contribution in [0.15, 0.2) is 24.3 Å². The third kappa shape index (κ3) is 4.18. The minimum Gasteiger partial charge on any atom is -0.452 e. The molecule has 0 radical (unpaired) electrons. The number of rotatable bonds is 5. The Morgan fingerprint density at radius 2 is 1.96 bits per heavy atom. The molecule has 150 valence electrons. The summed E-state index contributed by atoms with van der Waals surface area (Å²) in [6.45, 7) is 8.02. The summed E-state index contributed by atoms with van der Waals surface area (Å²) in [4.78, 5) is 29.7. The van der Waals surface area contributed by atoms with E-state index in [-0.39, 0.29) is 18.6 Å². The van der Waals surface area contributed by atoms with Crippen molar-refractivity contribution in [2.24, 2.45) is 11.8 Å². The SMILES string of the molecule is CCc1nc2ccccc2c(C)c1C(=O)OCC(=O)N[C@H]1CCC[C@@H](C)[C@@H]1C. The van der Waals surface area contributed by atoms with Crippen LogP contribution in [0.2, 0.25) is 0 Å². The Labute approximate surface area is 166 Å². The summed E-state index contributed by atoms with van der Waals surface area (Å²) in [7, 11) is 0. The molecule has 0 saturated heterocycles. The third-order valence-electron chi connectivity index (χ3n) is 6.15. The first kappa shape index (κ1) is 20.3. The number of hydrogen-bond donors (Lipinski definition) is 1. The van der Waals surface area contributed by atoms with Crippen LogP contribution in [0.3, 0.4) is 0 Å². The molecule has 3 atom stereocenters. The average molecular weight is 383 g/mol. The molecule has 0 bridgehead atoms. The smallest absolute Gasteiger partial charge is 0.340 e. The maximum absolute atomic E-state index is 12.8. The number of pyridine rings is 1. The van der Waals surface area contributed by atoms with Crippen molar-refractivity contribution in [3.05, 3.63) is 41.1 Å². The van der Waals surface area contributed by atoms with Crippen molar-refractivity contribution in [3.63, 3.8) is 0 Å². The second-order valence-corrected chi connectivity index (χ2v) is 7.95. The van der Waals surface area contributed by atoms with E-state index < -0.39 is 5.97 Å². The zero-order valence-electron chi connectivity index (χ0n) is 17.2. The van der Waals surface area contributed by atoms with Crippen molar-refractivity contribution in [2.75, 3.05) is 6.61 Å². The van der Waals surface area contributed by atoms with Gasteiger partial charge in [-0.25, -0.2) is 4.79 Å². The molecule has 0 aliphatic heterocycles. The largest absolute Gasteiger partial charge is 0.452 e. The Balaban J connectivity index is 1.69. The Bertz CT molecular complexity index is 878. The molecule has 1 aromatic carbocycles. The number of aryl methyl sites for hydroxylation is 2. The normalized spacial score (nSPS) is 22.1. The van der Waals surface area contributed by atoms with E-state index in [2.05, 4.69) is 24.1 Å². The zero-order valence-corrected chi connectivity index (χ0v) is 17.2. The summed E-state index contributed by atoms with van der Waals surface area (Å²) in [5.41, 5.74) is 2.90. The van der Waals surface area contributed by atoms with Crippen molar-refractivity contribution in [1.29, 1.82) is 0 Å². The number of ether oxygens (including phenoxy) is 1. The van der Waals surface area contributed by atoms with Crippen LogP contribution in [0, 0.1) is 18.8 Å². The van der Waals surface area contributed by atoms with Gasteiger partial charge in [-0.05, 0) is 43.2 Å². The fraction of sp³-hybridized carbons (Fsp3) is 0.522. The monoisotopic (exact) mass is 382 g/mol. The molecule has 2 aromatic rings. The van der Waals surface area contributed by atoms with Crippen molar-refractivity contribution in [3.8, 4) is 0 Å². The van der Waals surface area contributed by atoms with Gasteiger partial charge in [-0.3, -0.25) is 9.78 Å². The first-order chi connectivity index (χ1) is 13.4. The third-order valence-corrected chi connectivity index (χ3v) is 6.15. The van der Waals surface area contributed by atoms with Crippen molar-refractivity contribution in [2.45, 2.75) is 59.4 Å². The lowest BCUT2D eigenvalue weighted by Crippen LogP contribution is -2.45. The predicted octanol–water partition coefficient (Wildman–Crippen LogP) is 4.20. The first-order valence-electron chi connectivity index (χ1n) is 10.3. The van der Waals surface area contributed by atoms with Gasteiger partial charge < -0.3 is 10.1 Å². The number of aromatic nitrogens is 1. The first-order valence-corrected chi connectivity index (χ1v) is 10.3. The summed E-state index contributed by atoms with van der Waals surface area (Å²) >= 11 is 0. The number of benzene rings is 1. The summed E-state index contributed by atoms with van der Waals surface area (Å²) in [5.74, 6) is 0.323. The number of fused-ring (bicyclic) bond motifs is 1. The fourth-order valence-corrected chi connectivity index (χ4v) is 4.20. The molecule has 1 aliphatic carbocycles. The second kappa shape index (κ2) is 8.72. The average Bonchev–Trinajstić information content (AvgIpc) is 2.69. The van der Waals surface area contributed by atoms with Crippen LogP contribution < -0.4 is 5.32 Å². The standard InChI is InChI=1S/C23H30N2O3/c1-5-18-22(16(4)17-10-6-7-11-20(17)24-18)23(27)28-13-21(26)25-19-12-8-9-14(2)15(19)3/h6-7,10-11,14-15,19H,5,8-9,12-13H2,1-4H3,(H,25,26)/t14-,15+,19+/m1/s1. The van der Waals surface area contributed by atoms with E-state index in [0.29, 0.717) is 29.5 Å². The van der Waals surface area contributed by atoms with Gasteiger partial charge in [0.2, 0.25) is 0 Å². The summed E-state index contributed by atoms with van der Waals surface area (Å²) in [6, 6.07) is 7.91. The number of carbonyl (C=O) groups excluding carboxylic acids is 2. The maximum Gasteiger partial charge on any atom is 0.340 e. The molecule has 28 heavy (non-hydrogen) atoms. The van der Waals surface area contributed by atoms with Crippen LogP contribution in [0.25, 0.3) is 10.9 Å². The number of hydrogen-bond acceptors (Lipinski definition) is 4. The number of esters is 1. The van der Waals surface area contributed by atoms with Gasteiger partial charge in [0.1, 0.15) is 0 Å². The number of carbonyl (C=O) groups is 2. The van der Waals surface area contributed by atoms with E-state index in [1.165, 1.54) is 6.42 Å². The molecule has 1 saturated carbocycles. The quantitative estimate of drug-likeness (QED) is 0.787. The Morgan fingerprint density at radius 3 is 2.71 bits per heavy atom. The van der Waals surface area contributed by atoms with Crippen molar-refractivity contribution >= 4 is 22.8 Å². The fourth-order valence-electron chi connectivity index (χ4n) is 4.20. The predicted molar refractivity (Wildman–Crippen MR) is 110 cm³/mol. The van der Waals surface area contributed by atoms with E-state index in [1.54, 1.807) is 0 Å². The highest BCUT2D eigenvalue weighted by atomic mass is 16.5. The Hall–Kier alpha value is -2.43. The number of nitrogens with one attached hydrogen (secondary N) is 1. The lowest BCUT2D eigenvalue weighted by atomic mass is 9.78. The number of amides is 1. The van der Waals surface area contributed by atoms with E-state index in [9.17, 15) is 9.59 Å². The molecule has 3 rings (SSSR count). The molecule has 0 unspecified atom stereocenters. The molecular formula is C23H30N2O3. The molecular weight excluding hydrogens is 352 g/mol. The maximum atomic E-state index is 12.8. The van der Waals surface area contributed by atoms with Crippen LogP contribution in [0.1, 0.15) is 61.6 Å². The summed E-state index contributed by atoms with van der Waals surface area (Å²) < 4.78 is 5.37. The van der Waals surface area contributed by atoms with Gasteiger partial charge in [-0.2, -0.15) is 0 Å². The van der Waals surface area contributed by atoms with E-state index >= 15 is 0 Å². The zero-order chi connectivity index (χ0) is 20.3. The molecule has 0 spiro atoms. The Morgan fingerprint density at radius 1 is 1.21 bits per heavy atom. The van der Waals surface area contributed by atoms with Gasteiger partial charge in [0.05, 0.1) is 16.8 Å². The van der Waals surface area contributed by atoms with Crippen molar-refractivity contribution < 1.29 is 14.3 Å². The minimum absolute atomic E-state index is 0.158. The molecule has 1 aromatic heterocycles. The van der Waals surface area contributed by atoms with Crippen LogP contribution in [-0.4, -0.2) is 29.5 Å². The molecule has 5 nitrogen and oxygen atoms in total. The Kier molecular flexibility index (Phi) is 6.32. The molecule has 1 fully saturated rings. The molecule has 1 aliphatic rings. The molecule has 5 heteroatoms. The summed E-state index contributed by atoms with van der Waals surface area (Å²) in [6.07, 6.45) is 3.94. The number of nitrogens with zero attached hydrogens (tertiary/aromatic N) is 1. The highest BCUT2D eigenvalue weighted by molar-refractivity contribution is 5.99. The summed E-state index contributed by atoms with van der Waals surface area (Å²) in [5, 5.41) is 3.98. The van der Waals surface area contributed by atoms with Crippen LogP contribution in [0.4, 0.5) is 0 Å². The van der Waals surface area contributed by atoms with Crippen LogP contribution >= 0.6 is 0 Å². The van der Waals surface area contributed by atoms with Gasteiger partial charge in [0.15, 0.2) is 6.61 Å². The van der Waals surface area contributed by atoms with E-state index in [1.807, 2.05) is 38.1 Å². The molecule has 1 heterocycles. The van der Waals surface area contributed by atoms with Gasteiger partial charge in [0, 0.05) is 11.4 Å². The van der Waals surface area contributed by atoms with Gasteiger partial charge >= 0.3 is 5.97 Å². The lowest BCUT2D eigenvalue weighted by Gasteiger charge is -2.34. The van der Waals surface area contributed by atoms with Gasteiger partial charge in [-0.15, -0.1) is 0 Å². The van der Waals surface area contributed by atoms with Crippen LogP contribution in [0.5, 0.6) is 0 Å². The molecule has 1 N–H and O–H groups in total. The highest BCUT2D eigenvalue weighted by Crippen LogP contribution is 2.29. The minimum atomic E-state index is -0.479. The van der Waals surface area contributed by atoms with Gasteiger partial charge in [-0.1, -0.05) is 51.8 Å². The van der Waals surface area contributed by atoms with E-state index in [4.69, 9.17) is 4.74 Å². The number of para-hydroxylation sites is 1. The van der Waals surface area contributed by atoms with Crippen molar-refractivity contribution in [1.82, 2.24) is 10.3 Å². The topological polar surface area (TPSA) is 68.3 Å². The lowest BCUT2D eigenvalue weighted by molar-refractivity contribution is -0.125.